The summed E-state index contributed by atoms with van der Waals surface area (Å²) in [6.07, 6.45) is 0. The van der Waals surface area contributed by atoms with Crippen molar-refractivity contribution in [1.82, 2.24) is 4.90 Å². The van der Waals surface area contributed by atoms with E-state index >= 15 is 0 Å². The van der Waals surface area contributed by atoms with Crippen LogP contribution in [0.25, 0.3) is 0 Å². The zero-order valence-electron chi connectivity index (χ0n) is 13.8. The predicted molar refractivity (Wildman–Crippen MR) is 84.5 cm³/mol. The molecule has 0 spiro atoms. The summed E-state index contributed by atoms with van der Waals surface area (Å²) in [4.78, 5) is 26.4. The minimum atomic E-state index is -0.246. The lowest BCUT2D eigenvalue weighted by molar-refractivity contribution is -0.886. The number of carbonyl (C=O) groups is 2. The molecule has 5 nitrogen and oxygen atoms in total. The van der Waals surface area contributed by atoms with E-state index in [0.717, 1.165) is 21.7 Å². The normalized spacial score (nSPS) is 13.4. The number of carbonyl (C=O) groups excluding carboxylic acids is 2. The van der Waals surface area contributed by atoms with Gasteiger partial charge in [0.1, 0.15) is 0 Å². The molecule has 0 saturated carbocycles. The first-order chi connectivity index (χ1) is 9.73. The van der Waals surface area contributed by atoms with Crippen molar-refractivity contribution in [2.45, 2.75) is 26.8 Å². The molecule has 21 heavy (non-hydrogen) atoms. The molecular formula is C16H26N3O2+. The molecule has 1 aromatic rings. The Morgan fingerprint density at radius 3 is 2.48 bits per heavy atom. The van der Waals surface area contributed by atoms with Gasteiger partial charge in [-0.2, -0.15) is 0 Å². The van der Waals surface area contributed by atoms with Gasteiger partial charge in [-0.25, -0.2) is 0 Å². The van der Waals surface area contributed by atoms with E-state index in [1.54, 1.807) is 19.0 Å². The SMILES string of the molecule is Cc1cccc(NC(=O)C[NH+](C)[C@@H](C)C(=O)N(C)C)c1C. The number of anilines is 1. The zero-order valence-corrected chi connectivity index (χ0v) is 13.8. The summed E-state index contributed by atoms with van der Waals surface area (Å²) in [5.41, 5.74) is 3.05. The van der Waals surface area contributed by atoms with Crippen LogP contribution >= 0.6 is 0 Å². The van der Waals surface area contributed by atoms with Gasteiger partial charge < -0.3 is 15.1 Å². The van der Waals surface area contributed by atoms with E-state index in [-0.39, 0.29) is 24.4 Å². The Kier molecular flexibility index (Phi) is 5.90. The number of quaternary nitrogens is 1. The second kappa shape index (κ2) is 7.22. The lowest BCUT2D eigenvalue weighted by atomic mass is 10.1. The van der Waals surface area contributed by atoms with Crippen molar-refractivity contribution in [3.8, 4) is 0 Å². The highest BCUT2D eigenvalue weighted by Gasteiger charge is 2.25. The minimum absolute atomic E-state index is 0.0204. The number of likely N-dealkylation sites (N-methyl/N-ethyl adjacent to an activating group) is 2. The molecule has 116 valence electrons. The molecule has 0 heterocycles. The molecule has 5 heteroatoms. The summed E-state index contributed by atoms with van der Waals surface area (Å²) in [5, 5.41) is 2.92. The number of amides is 2. The van der Waals surface area contributed by atoms with Crippen molar-refractivity contribution in [2.24, 2.45) is 0 Å². The van der Waals surface area contributed by atoms with E-state index in [4.69, 9.17) is 0 Å². The largest absolute Gasteiger partial charge is 0.344 e. The molecule has 2 amide bonds. The van der Waals surface area contributed by atoms with Gasteiger partial charge >= 0.3 is 0 Å². The van der Waals surface area contributed by atoms with Gasteiger partial charge in [0.15, 0.2) is 12.6 Å². The summed E-state index contributed by atoms with van der Waals surface area (Å²) < 4.78 is 0. The minimum Gasteiger partial charge on any atom is -0.344 e. The van der Waals surface area contributed by atoms with E-state index in [0.29, 0.717) is 0 Å². The second-order valence-corrected chi connectivity index (χ2v) is 5.77. The van der Waals surface area contributed by atoms with Gasteiger partial charge in [-0.05, 0) is 38.0 Å². The van der Waals surface area contributed by atoms with Crippen LogP contribution in [0.4, 0.5) is 5.69 Å². The average molecular weight is 292 g/mol. The summed E-state index contributed by atoms with van der Waals surface area (Å²) in [6, 6.07) is 5.58. The second-order valence-electron chi connectivity index (χ2n) is 5.77. The molecule has 0 radical (unpaired) electrons. The number of benzene rings is 1. The number of hydrogen-bond acceptors (Lipinski definition) is 2. The van der Waals surface area contributed by atoms with Gasteiger partial charge in [-0.3, -0.25) is 9.59 Å². The van der Waals surface area contributed by atoms with Gasteiger partial charge in [0.05, 0.1) is 7.05 Å². The number of rotatable bonds is 5. The van der Waals surface area contributed by atoms with E-state index in [9.17, 15) is 9.59 Å². The molecule has 0 aliphatic carbocycles. The van der Waals surface area contributed by atoms with E-state index < -0.39 is 0 Å². The summed E-state index contributed by atoms with van der Waals surface area (Å²) >= 11 is 0. The van der Waals surface area contributed by atoms with Crippen LogP contribution < -0.4 is 10.2 Å². The highest BCUT2D eigenvalue weighted by Crippen LogP contribution is 2.17. The summed E-state index contributed by atoms with van der Waals surface area (Å²) in [5.74, 6) is -0.0633. The quantitative estimate of drug-likeness (QED) is 0.816. The van der Waals surface area contributed by atoms with E-state index in [1.807, 2.05) is 46.0 Å². The van der Waals surface area contributed by atoms with Crippen LogP contribution in [0.5, 0.6) is 0 Å². The highest BCUT2D eigenvalue weighted by atomic mass is 16.2. The zero-order chi connectivity index (χ0) is 16.2. The Morgan fingerprint density at radius 2 is 1.90 bits per heavy atom. The molecule has 0 fully saturated rings. The van der Waals surface area contributed by atoms with Crippen LogP contribution in [0.15, 0.2) is 18.2 Å². The maximum atomic E-state index is 12.1. The average Bonchev–Trinajstić information content (AvgIpc) is 2.41. The smallest absolute Gasteiger partial charge is 0.280 e. The molecule has 0 aliphatic heterocycles. The topological polar surface area (TPSA) is 53.9 Å². The third-order valence-corrected chi connectivity index (χ3v) is 3.87. The van der Waals surface area contributed by atoms with Crippen molar-refractivity contribution < 1.29 is 14.5 Å². The molecule has 0 aromatic heterocycles. The third kappa shape index (κ3) is 4.56. The van der Waals surface area contributed by atoms with Gasteiger partial charge in [-0.1, -0.05) is 12.1 Å². The monoisotopic (exact) mass is 292 g/mol. The molecule has 1 unspecified atom stereocenters. The van der Waals surface area contributed by atoms with Crippen LogP contribution in [-0.2, 0) is 9.59 Å². The molecule has 1 aromatic carbocycles. The van der Waals surface area contributed by atoms with Crippen molar-refractivity contribution in [3.05, 3.63) is 29.3 Å². The maximum absolute atomic E-state index is 12.1. The molecule has 0 bridgehead atoms. The maximum Gasteiger partial charge on any atom is 0.280 e. The van der Waals surface area contributed by atoms with E-state index in [1.165, 1.54) is 0 Å². The van der Waals surface area contributed by atoms with Gasteiger partial charge in [0.2, 0.25) is 0 Å². The Hall–Kier alpha value is -1.88. The number of aryl methyl sites for hydroxylation is 1. The van der Waals surface area contributed by atoms with Crippen LogP contribution in [0, 0.1) is 13.8 Å². The van der Waals surface area contributed by atoms with Crippen molar-refractivity contribution >= 4 is 17.5 Å². The first-order valence-electron chi connectivity index (χ1n) is 7.13. The lowest BCUT2D eigenvalue weighted by Gasteiger charge is -2.23. The van der Waals surface area contributed by atoms with Gasteiger partial charge in [-0.15, -0.1) is 0 Å². The van der Waals surface area contributed by atoms with Crippen LogP contribution in [-0.4, -0.2) is 50.4 Å². The third-order valence-electron chi connectivity index (χ3n) is 3.87. The molecule has 1 rings (SSSR count). The highest BCUT2D eigenvalue weighted by molar-refractivity contribution is 5.92. The van der Waals surface area contributed by atoms with Crippen LogP contribution in [0.2, 0.25) is 0 Å². The van der Waals surface area contributed by atoms with E-state index in [2.05, 4.69) is 5.32 Å². The Bertz CT molecular complexity index is 526. The molecule has 0 aliphatic rings. The fourth-order valence-electron chi connectivity index (χ4n) is 2.09. The van der Waals surface area contributed by atoms with Gasteiger partial charge in [0.25, 0.3) is 11.8 Å². The fraction of sp³-hybridized carbons (Fsp3) is 0.500. The Labute approximate surface area is 126 Å². The lowest BCUT2D eigenvalue weighted by Crippen LogP contribution is -3.15. The number of nitrogens with zero attached hydrogens (tertiary/aromatic N) is 1. The Balaban J connectivity index is 2.65. The predicted octanol–water partition coefficient (Wildman–Crippen LogP) is 0.233. The summed E-state index contributed by atoms with van der Waals surface area (Å²) in [6.45, 7) is 6.09. The first kappa shape index (κ1) is 17.2. The van der Waals surface area contributed by atoms with Crippen molar-refractivity contribution in [3.63, 3.8) is 0 Å². The fourth-order valence-corrected chi connectivity index (χ4v) is 2.09. The molecule has 2 N–H and O–H groups in total. The number of hydrogen-bond donors (Lipinski definition) is 2. The molecule has 2 atom stereocenters. The van der Waals surface area contributed by atoms with Crippen molar-refractivity contribution in [2.75, 3.05) is 33.0 Å². The summed E-state index contributed by atoms with van der Waals surface area (Å²) in [7, 11) is 5.30. The van der Waals surface area contributed by atoms with Gasteiger partial charge in [0, 0.05) is 19.8 Å². The van der Waals surface area contributed by atoms with Crippen LogP contribution in [0.1, 0.15) is 18.1 Å². The number of nitrogens with one attached hydrogen (secondary N) is 2. The first-order valence-corrected chi connectivity index (χ1v) is 7.13. The van der Waals surface area contributed by atoms with Crippen molar-refractivity contribution in [1.29, 1.82) is 0 Å². The molecule has 0 saturated heterocycles. The van der Waals surface area contributed by atoms with Crippen LogP contribution in [0.3, 0.4) is 0 Å². The standard InChI is InChI=1S/C16H25N3O2/c1-11-8-7-9-14(12(11)2)17-15(20)10-19(6)13(3)16(21)18(4)5/h7-9,13H,10H2,1-6H3,(H,17,20)/p+1/t13-/m0/s1. The Morgan fingerprint density at radius 1 is 1.29 bits per heavy atom. The molecular weight excluding hydrogens is 266 g/mol.